The highest BCUT2D eigenvalue weighted by molar-refractivity contribution is 6.26. The standard InChI is InChI=1S/C26H27N3O5/c1-4-27-17-9-6-5-8-16(17)26(25(27)32)22-21(19-10-7-13-28(19)26)23(30)29(24(22)31)18-12-11-15(33-2)14-20(18)34-3/h5-6,8-9,11-12,14,19,21-22H,4,7,10,13H2,1-3H3/t19-,21-,22-,26-/m1/s1. The van der Waals surface area contributed by atoms with Crippen molar-refractivity contribution in [3.05, 3.63) is 48.0 Å². The fourth-order valence-electron chi connectivity index (χ4n) is 6.86. The Morgan fingerprint density at radius 2 is 1.79 bits per heavy atom. The molecular weight excluding hydrogens is 434 g/mol. The van der Waals surface area contributed by atoms with Gasteiger partial charge >= 0.3 is 0 Å². The summed E-state index contributed by atoms with van der Waals surface area (Å²) in [6, 6.07) is 12.6. The molecule has 3 fully saturated rings. The summed E-state index contributed by atoms with van der Waals surface area (Å²) in [6.07, 6.45) is 1.68. The smallest absolute Gasteiger partial charge is 0.253 e. The summed E-state index contributed by atoms with van der Waals surface area (Å²) in [7, 11) is 3.05. The van der Waals surface area contributed by atoms with Crippen LogP contribution in [-0.2, 0) is 19.9 Å². The summed E-state index contributed by atoms with van der Waals surface area (Å²) in [6.45, 7) is 3.14. The quantitative estimate of drug-likeness (QED) is 0.652. The molecule has 8 heteroatoms. The first-order chi connectivity index (χ1) is 16.5. The topological polar surface area (TPSA) is 79.4 Å². The number of imide groups is 1. The van der Waals surface area contributed by atoms with Gasteiger partial charge in [-0.05, 0) is 44.5 Å². The Labute approximate surface area is 198 Å². The van der Waals surface area contributed by atoms with Crippen LogP contribution in [0.3, 0.4) is 0 Å². The Kier molecular flexibility index (Phi) is 4.55. The summed E-state index contributed by atoms with van der Waals surface area (Å²) in [5.74, 6) is -1.09. The van der Waals surface area contributed by atoms with E-state index in [1.165, 1.54) is 12.0 Å². The second kappa shape index (κ2) is 7.30. The molecular formula is C26H27N3O5. The summed E-state index contributed by atoms with van der Waals surface area (Å²) in [5.41, 5.74) is 0.908. The van der Waals surface area contributed by atoms with Crippen LogP contribution in [0.25, 0.3) is 0 Å². The van der Waals surface area contributed by atoms with Crippen molar-refractivity contribution in [2.24, 2.45) is 11.8 Å². The normalized spacial score (nSPS) is 29.7. The molecule has 4 aliphatic heterocycles. The van der Waals surface area contributed by atoms with Crippen molar-refractivity contribution in [3.63, 3.8) is 0 Å². The number of fused-ring (bicyclic) bond motifs is 7. The Morgan fingerprint density at radius 3 is 2.53 bits per heavy atom. The number of para-hydroxylation sites is 1. The molecule has 1 spiro atoms. The third-order valence-corrected chi connectivity index (χ3v) is 8.09. The fourth-order valence-corrected chi connectivity index (χ4v) is 6.86. The molecule has 4 heterocycles. The highest BCUT2D eigenvalue weighted by Gasteiger charge is 2.75. The molecule has 0 aromatic heterocycles. The van der Waals surface area contributed by atoms with Crippen molar-refractivity contribution in [3.8, 4) is 11.5 Å². The molecule has 4 aliphatic rings. The average Bonchev–Trinajstić information content (AvgIpc) is 3.56. The van der Waals surface area contributed by atoms with Gasteiger partial charge in [-0.15, -0.1) is 0 Å². The zero-order chi connectivity index (χ0) is 23.8. The molecule has 0 aliphatic carbocycles. The van der Waals surface area contributed by atoms with Crippen LogP contribution >= 0.6 is 0 Å². The summed E-state index contributed by atoms with van der Waals surface area (Å²) in [5, 5.41) is 0. The van der Waals surface area contributed by atoms with Gasteiger partial charge in [0.15, 0.2) is 0 Å². The minimum absolute atomic E-state index is 0.0969. The Balaban J connectivity index is 1.55. The summed E-state index contributed by atoms with van der Waals surface area (Å²) < 4.78 is 10.8. The van der Waals surface area contributed by atoms with Gasteiger partial charge in [-0.1, -0.05) is 18.2 Å². The molecule has 6 rings (SSSR count). The Bertz CT molecular complexity index is 1230. The fraction of sp³-hybridized carbons (Fsp3) is 0.423. The molecule has 0 radical (unpaired) electrons. The molecule has 0 saturated carbocycles. The first-order valence-corrected chi connectivity index (χ1v) is 11.8. The molecule has 3 amide bonds. The van der Waals surface area contributed by atoms with Gasteiger partial charge in [0.1, 0.15) is 17.0 Å². The summed E-state index contributed by atoms with van der Waals surface area (Å²) in [4.78, 5) is 47.5. The van der Waals surface area contributed by atoms with Crippen molar-refractivity contribution >= 4 is 29.1 Å². The van der Waals surface area contributed by atoms with Gasteiger partial charge in [-0.2, -0.15) is 0 Å². The zero-order valence-electron chi connectivity index (χ0n) is 19.5. The number of rotatable bonds is 4. The number of hydrogen-bond donors (Lipinski definition) is 0. The molecule has 0 unspecified atom stereocenters. The number of methoxy groups -OCH3 is 2. The van der Waals surface area contributed by atoms with Crippen LogP contribution < -0.4 is 19.3 Å². The molecule has 176 valence electrons. The SMILES string of the molecule is CCN1C(=O)[C@@]2(c3ccccc31)[C@H]1C(=O)N(c3ccc(OC)cc3OC)C(=O)[C@@H]1[C@H]1CCCN12. The van der Waals surface area contributed by atoms with Gasteiger partial charge in [0.05, 0.1) is 31.7 Å². The van der Waals surface area contributed by atoms with E-state index in [2.05, 4.69) is 4.90 Å². The van der Waals surface area contributed by atoms with E-state index in [-0.39, 0.29) is 23.8 Å². The lowest BCUT2D eigenvalue weighted by Gasteiger charge is -2.37. The van der Waals surface area contributed by atoms with Crippen LogP contribution in [0.4, 0.5) is 11.4 Å². The number of amides is 3. The van der Waals surface area contributed by atoms with Crippen LogP contribution in [0.5, 0.6) is 11.5 Å². The monoisotopic (exact) mass is 461 g/mol. The number of hydrogen-bond acceptors (Lipinski definition) is 6. The van der Waals surface area contributed by atoms with Gasteiger partial charge in [0.2, 0.25) is 11.8 Å². The van der Waals surface area contributed by atoms with E-state index in [9.17, 15) is 14.4 Å². The number of anilines is 2. The Morgan fingerprint density at radius 1 is 1.00 bits per heavy atom. The molecule has 8 nitrogen and oxygen atoms in total. The Hall–Kier alpha value is -3.39. The molecule has 2 aromatic rings. The first kappa shape index (κ1) is 21.2. The minimum atomic E-state index is -1.15. The molecule has 0 N–H and O–H groups in total. The first-order valence-electron chi connectivity index (χ1n) is 11.8. The van der Waals surface area contributed by atoms with Gasteiger partial charge in [0, 0.05) is 29.9 Å². The maximum Gasteiger partial charge on any atom is 0.253 e. The van der Waals surface area contributed by atoms with Gasteiger partial charge in [0.25, 0.3) is 5.91 Å². The van der Waals surface area contributed by atoms with E-state index in [0.29, 0.717) is 30.3 Å². The van der Waals surface area contributed by atoms with Crippen molar-refractivity contribution in [2.45, 2.75) is 31.3 Å². The highest BCUT2D eigenvalue weighted by atomic mass is 16.5. The number of nitrogens with zero attached hydrogens (tertiary/aromatic N) is 3. The zero-order valence-corrected chi connectivity index (χ0v) is 19.5. The van der Waals surface area contributed by atoms with E-state index in [0.717, 1.165) is 24.1 Å². The number of ether oxygens (including phenoxy) is 2. The average molecular weight is 462 g/mol. The number of carbonyl (C=O) groups excluding carboxylic acids is 3. The summed E-state index contributed by atoms with van der Waals surface area (Å²) >= 11 is 0. The van der Waals surface area contributed by atoms with Gasteiger partial charge in [-0.3, -0.25) is 19.3 Å². The molecule has 4 atom stereocenters. The van der Waals surface area contributed by atoms with Crippen molar-refractivity contribution in [2.75, 3.05) is 37.1 Å². The van der Waals surface area contributed by atoms with E-state index >= 15 is 0 Å². The minimum Gasteiger partial charge on any atom is -0.497 e. The second-order valence-electron chi connectivity index (χ2n) is 9.29. The molecule has 2 aromatic carbocycles. The second-order valence-corrected chi connectivity index (χ2v) is 9.29. The van der Waals surface area contributed by atoms with E-state index in [1.54, 1.807) is 30.2 Å². The van der Waals surface area contributed by atoms with Crippen molar-refractivity contribution in [1.29, 1.82) is 0 Å². The lowest BCUT2D eigenvalue weighted by atomic mass is 9.75. The molecule has 3 saturated heterocycles. The van der Waals surface area contributed by atoms with E-state index in [4.69, 9.17) is 9.47 Å². The number of carbonyl (C=O) groups is 3. The third-order valence-electron chi connectivity index (χ3n) is 8.09. The maximum absolute atomic E-state index is 14.2. The molecule has 34 heavy (non-hydrogen) atoms. The predicted octanol–water partition coefficient (Wildman–Crippen LogP) is 2.55. The largest absolute Gasteiger partial charge is 0.497 e. The van der Waals surface area contributed by atoms with Gasteiger partial charge in [-0.25, -0.2) is 4.90 Å². The third kappa shape index (κ3) is 2.34. The van der Waals surface area contributed by atoms with Crippen molar-refractivity contribution < 1.29 is 23.9 Å². The van der Waals surface area contributed by atoms with Gasteiger partial charge < -0.3 is 14.4 Å². The number of likely N-dealkylation sites (N-methyl/N-ethyl adjacent to an activating group) is 1. The van der Waals surface area contributed by atoms with E-state index < -0.39 is 17.4 Å². The maximum atomic E-state index is 14.2. The lowest BCUT2D eigenvalue weighted by molar-refractivity contribution is -0.137. The van der Waals surface area contributed by atoms with Crippen LogP contribution in [0.2, 0.25) is 0 Å². The van der Waals surface area contributed by atoms with Crippen LogP contribution in [-0.4, -0.2) is 56.0 Å². The van der Waals surface area contributed by atoms with E-state index in [1.807, 2.05) is 31.2 Å². The lowest BCUT2D eigenvalue weighted by Crippen LogP contribution is -2.56. The van der Waals surface area contributed by atoms with Crippen molar-refractivity contribution in [1.82, 2.24) is 4.90 Å². The molecule has 0 bridgehead atoms. The van der Waals surface area contributed by atoms with Crippen LogP contribution in [0, 0.1) is 11.8 Å². The van der Waals surface area contributed by atoms with Crippen LogP contribution in [0.15, 0.2) is 42.5 Å². The predicted molar refractivity (Wildman–Crippen MR) is 125 cm³/mol. The van der Waals surface area contributed by atoms with Crippen LogP contribution in [0.1, 0.15) is 25.3 Å². The number of benzene rings is 2. The highest BCUT2D eigenvalue weighted by Crippen LogP contribution is 2.62.